The maximum atomic E-state index is 5.19. The first-order chi connectivity index (χ1) is 8.85. The van der Waals surface area contributed by atoms with Crippen LogP contribution in [-0.4, -0.2) is 37.8 Å². The third kappa shape index (κ3) is 3.60. The molecule has 0 saturated heterocycles. The zero-order chi connectivity index (χ0) is 12.8. The molecular weight excluding hydrogens is 226 g/mol. The van der Waals surface area contributed by atoms with E-state index >= 15 is 0 Å². The van der Waals surface area contributed by atoms with Crippen LogP contribution in [-0.2, 0) is 4.74 Å². The average molecular weight is 249 g/mol. The first-order valence-electron chi connectivity index (χ1n) is 6.79. The van der Waals surface area contributed by atoms with Crippen LogP contribution < -0.4 is 10.2 Å². The van der Waals surface area contributed by atoms with Gasteiger partial charge in [-0.05, 0) is 25.3 Å². The molecule has 4 nitrogen and oxygen atoms in total. The van der Waals surface area contributed by atoms with Gasteiger partial charge in [0.2, 0.25) is 0 Å². The number of nitrogens with one attached hydrogen (secondary N) is 1. The van der Waals surface area contributed by atoms with Gasteiger partial charge in [-0.3, -0.25) is 4.98 Å². The Bertz CT molecular complexity index is 366. The molecule has 1 fully saturated rings. The van der Waals surface area contributed by atoms with Gasteiger partial charge in [0.15, 0.2) is 0 Å². The molecule has 1 saturated carbocycles. The number of pyridine rings is 1. The van der Waals surface area contributed by atoms with Crippen LogP contribution in [0.25, 0.3) is 0 Å². The van der Waals surface area contributed by atoms with Crippen molar-refractivity contribution in [1.29, 1.82) is 0 Å². The number of rotatable bonds is 8. The Morgan fingerprint density at radius 1 is 1.44 bits per heavy atom. The van der Waals surface area contributed by atoms with E-state index in [1.165, 1.54) is 18.5 Å². The van der Waals surface area contributed by atoms with Gasteiger partial charge in [0.25, 0.3) is 0 Å². The van der Waals surface area contributed by atoms with Crippen molar-refractivity contribution >= 4 is 11.4 Å². The lowest BCUT2D eigenvalue weighted by Crippen LogP contribution is -2.29. The molecule has 2 rings (SSSR count). The van der Waals surface area contributed by atoms with Crippen molar-refractivity contribution in [2.75, 3.05) is 37.0 Å². The SMILES string of the molecule is CCCNc1cncc(N(CCOC)C2CC2)c1. The Labute approximate surface area is 109 Å². The Balaban J connectivity index is 2.03. The monoisotopic (exact) mass is 249 g/mol. The lowest BCUT2D eigenvalue weighted by Gasteiger charge is -2.24. The largest absolute Gasteiger partial charge is 0.384 e. The molecule has 1 aliphatic carbocycles. The summed E-state index contributed by atoms with van der Waals surface area (Å²) >= 11 is 0. The highest BCUT2D eigenvalue weighted by Gasteiger charge is 2.29. The van der Waals surface area contributed by atoms with Gasteiger partial charge in [0.05, 0.1) is 30.4 Å². The maximum absolute atomic E-state index is 5.19. The molecule has 0 spiro atoms. The van der Waals surface area contributed by atoms with E-state index in [0.717, 1.165) is 31.8 Å². The van der Waals surface area contributed by atoms with Gasteiger partial charge in [-0.25, -0.2) is 0 Å². The molecule has 1 aromatic heterocycles. The molecule has 0 atom stereocenters. The molecule has 1 heterocycles. The van der Waals surface area contributed by atoms with Crippen molar-refractivity contribution in [1.82, 2.24) is 4.98 Å². The van der Waals surface area contributed by atoms with Crippen molar-refractivity contribution in [2.45, 2.75) is 32.2 Å². The molecule has 100 valence electrons. The van der Waals surface area contributed by atoms with Gasteiger partial charge in [0.1, 0.15) is 0 Å². The Hall–Kier alpha value is -1.29. The maximum Gasteiger partial charge on any atom is 0.0637 e. The fraction of sp³-hybridized carbons (Fsp3) is 0.643. The highest BCUT2D eigenvalue weighted by Crippen LogP contribution is 2.31. The molecular formula is C14H23N3O. The van der Waals surface area contributed by atoms with Crippen molar-refractivity contribution in [2.24, 2.45) is 0 Å². The second kappa shape index (κ2) is 6.59. The summed E-state index contributed by atoms with van der Waals surface area (Å²) in [6.07, 6.45) is 7.54. The van der Waals surface area contributed by atoms with E-state index in [1.54, 1.807) is 7.11 Å². The zero-order valence-corrected chi connectivity index (χ0v) is 11.4. The Morgan fingerprint density at radius 3 is 2.94 bits per heavy atom. The van der Waals surface area contributed by atoms with Gasteiger partial charge in [0, 0.05) is 26.2 Å². The molecule has 1 N–H and O–H groups in total. The van der Waals surface area contributed by atoms with Gasteiger partial charge in [-0.2, -0.15) is 0 Å². The number of methoxy groups -OCH3 is 1. The number of anilines is 2. The molecule has 4 heteroatoms. The van der Waals surface area contributed by atoms with E-state index in [4.69, 9.17) is 4.74 Å². The summed E-state index contributed by atoms with van der Waals surface area (Å²) in [5, 5.41) is 3.38. The van der Waals surface area contributed by atoms with Crippen LogP contribution in [0.4, 0.5) is 11.4 Å². The van der Waals surface area contributed by atoms with Crippen LogP contribution in [0.2, 0.25) is 0 Å². The molecule has 0 aliphatic heterocycles. The molecule has 0 bridgehead atoms. The lowest BCUT2D eigenvalue weighted by atomic mass is 10.3. The molecule has 1 aromatic rings. The second-order valence-corrected chi connectivity index (χ2v) is 4.78. The summed E-state index contributed by atoms with van der Waals surface area (Å²) in [4.78, 5) is 6.74. The van der Waals surface area contributed by atoms with Crippen LogP contribution in [0, 0.1) is 0 Å². The first kappa shape index (κ1) is 13.1. The number of nitrogens with zero attached hydrogens (tertiary/aromatic N) is 2. The number of ether oxygens (including phenoxy) is 1. The normalized spacial score (nSPS) is 14.6. The van der Waals surface area contributed by atoms with Crippen molar-refractivity contribution in [3.05, 3.63) is 18.5 Å². The zero-order valence-electron chi connectivity index (χ0n) is 11.4. The fourth-order valence-corrected chi connectivity index (χ4v) is 2.05. The number of hydrogen-bond acceptors (Lipinski definition) is 4. The first-order valence-corrected chi connectivity index (χ1v) is 6.79. The number of hydrogen-bond donors (Lipinski definition) is 1. The minimum absolute atomic E-state index is 0.684. The summed E-state index contributed by atoms with van der Waals surface area (Å²) in [6.45, 7) is 4.87. The van der Waals surface area contributed by atoms with Gasteiger partial charge < -0.3 is 15.0 Å². The van der Waals surface area contributed by atoms with Crippen molar-refractivity contribution in [3.63, 3.8) is 0 Å². The van der Waals surface area contributed by atoms with E-state index in [9.17, 15) is 0 Å². The van der Waals surface area contributed by atoms with Crippen molar-refractivity contribution < 1.29 is 4.74 Å². The third-order valence-electron chi connectivity index (χ3n) is 3.16. The smallest absolute Gasteiger partial charge is 0.0637 e. The topological polar surface area (TPSA) is 37.4 Å². The van der Waals surface area contributed by atoms with Crippen LogP contribution >= 0.6 is 0 Å². The van der Waals surface area contributed by atoms with Crippen molar-refractivity contribution in [3.8, 4) is 0 Å². The van der Waals surface area contributed by atoms with Crippen LogP contribution in [0.15, 0.2) is 18.5 Å². The highest BCUT2D eigenvalue weighted by atomic mass is 16.5. The summed E-state index contributed by atoms with van der Waals surface area (Å²) in [5.41, 5.74) is 2.31. The van der Waals surface area contributed by atoms with Crippen LogP contribution in [0.3, 0.4) is 0 Å². The van der Waals surface area contributed by atoms with Gasteiger partial charge in [-0.15, -0.1) is 0 Å². The lowest BCUT2D eigenvalue weighted by molar-refractivity contribution is 0.205. The minimum atomic E-state index is 0.684. The molecule has 1 aliphatic rings. The standard InChI is InChI=1S/C14H23N3O/c1-3-6-16-12-9-14(11-15-10-12)17(7-8-18-2)13-4-5-13/h9-11,13,16H,3-8H2,1-2H3. The van der Waals surface area contributed by atoms with E-state index in [0.29, 0.717) is 6.04 Å². The Morgan fingerprint density at radius 2 is 2.28 bits per heavy atom. The quantitative estimate of drug-likeness (QED) is 0.768. The predicted molar refractivity (Wildman–Crippen MR) is 75.3 cm³/mol. The summed E-state index contributed by atoms with van der Waals surface area (Å²) in [6, 6.07) is 2.87. The summed E-state index contributed by atoms with van der Waals surface area (Å²) < 4.78 is 5.19. The van der Waals surface area contributed by atoms with Gasteiger partial charge >= 0.3 is 0 Å². The van der Waals surface area contributed by atoms with Gasteiger partial charge in [-0.1, -0.05) is 6.92 Å². The second-order valence-electron chi connectivity index (χ2n) is 4.78. The van der Waals surface area contributed by atoms with Crippen LogP contribution in [0.5, 0.6) is 0 Å². The van der Waals surface area contributed by atoms with E-state index in [1.807, 2.05) is 12.4 Å². The Kier molecular flexibility index (Phi) is 4.81. The van der Waals surface area contributed by atoms with E-state index in [-0.39, 0.29) is 0 Å². The minimum Gasteiger partial charge on any atom is -0.384 e. The molecule has 0 aromatic carbocycles. The molecule has 0 amide bonds. The predicted octanol–water partition coefficient (Wildman–Crippen LogP) is 2.52. The van der Waals surface area contributed by atoms with E-state index in [2.05, 4.69) is 28.2 Å². The fourth-order valence-electron chi connectivity index (χ4n) is 2.05. The molecule has 0 radical (unpaired) electrons. The van der Waals surface area contributed by atoms with E-state index < -0.39 is 0 Å². The van der Waals surface area contributed by atoms with Crippen LogP contribution in [0.1, 0.15) is 26.2 Å². The molecule has 0 unspecified atom stereocenters. The average Bonchev–Trinajstić information content (AvgIpc) is 3.22. The summed E-state index contributed by atoms with van der Waals surface area (Å²) in [5.74, 6) is 0. The number of aromatic nitrogens is 1. The molecule has 18 heavy (non-hydrogen) atoms. The summed E-state index contributed by atoms with van der Waals surface area (Å²) in [7, 11) is 1.75. The highest BCUT2D eigenvalue weighted by molar-refractivity contribution is 5.56. The third-order valence-corrected chi connectivity index (χ3v) is 3.16.